The molecule has 25 heavy (non-hydrogen) atoms. The molecule has 0 spiro atoms. The van der Waals surface area contributed by atoms with Crippen LogP contribution in [0, 0.1) is 5.82 Å². The van der Waals surface area contributed by atoms with Crippen molar-refractivity contribution in [2.24, 2.45) is 0 Å². The Balaban J connectivity index is 1.64. The maximum atomic E-state index is 13.5. The number of para-hydroxylation sites is 1. The molecule has 0 aliphatic heterocycles. The van der Waals surface area contributed by atoms with Crippen molar-refractivity contribution in [2.75, 3.05) is 13.2 Å². The number of hydrogen-bond donors (Lipinski definition) is 2. The molecule has 0 unspecified atom stereocenters. The summed E-state index contributed by atoms with van der Waals surface area (Å²) in [6.07, 6.45) is 4.19. The lowest BCUT2D eigenvalue weighted by atomic mass is 9.93. The Morgan fingerprint density at radius 1 is 1.20 bits per heavy atom. The van der Waals surface area contributed by atoms with Gasteiger partial charge in [0.25, 0.3) is 5.91 Å². The predicted octanol–water partition coefficient (Wildman–Crippen LogP) is 2.44. The van der Waals surface area contributed by atoms with E-state index in [1.807, 2.05) is 0 Å². The standard InChI is InChI=1S/C18H16FNO5/c19-14-4-1-2-5-15(14)25-11-17(21)20-12-18(22,13-7-9-23-10-13)16-6-3-8-24-16/h1-10,22H,11-12H2,(H,20,21)/t18-/m1/s1. The molecular formula is C18H16FNO5. The minimum absolute atomic E-state index is 0.0196. The Labute approximate surface area is 142 Å². The summed E-state index contributed by atoms with van der Waals surface area (Å²) in [5.74, 6) is -0.837. The van der Waals surface area contributed by atoms with Gasteiger partial charge in [0.15, 0.2) is 23.8 Å². The van der Waals surface area contributed by atoms with Crippen LogP contribution in [-0.2, 0) is 10.4 Å². The van der Waals surface area contributed by atoms with E-state index in [0.29, 0.717) is 5.56 Å². The first-order valence-electron chi connectivity index (χ1n) is 7.52. The van der Waals surface area contributed by atoms with Gasteiger partial charge in [-0.1, -0.05) is 12.1 Å². The van der Waals surface area contributed by atoms with Crippen molar-refractivity contribution in [3.05, 3.63) is 78.4 Å². The van der Waals surface area contributed by atoms with Crippen LogP contribution in [0.4, 0.5) is 4.39 Å². The largest absolute Gasteiger partial charge is 0.481 e. The minimum Gasteiger partial charge on any atom is -0.481 e. The zero-order valence-electron chi connectivity index (χ0n) is 13.1. The fourth-order valence-corrected chi connectivity index (χ4v) is 2.33. The fourth-order valence-electron chi connectivity index (χ4n) is 2.33. The maximum absolute atomic E-state index is 13.5. The molecule has 2 N–H and O–H groups in total. The average molecular weight is 345 g/mol. The van der Waals surface area contributed by atoms with Crippen molar-refractivity contribution < 1.29 is 27.9 Å². The molecule has 2 aromatic heterocycles. The molecule has 6 nitrogen and oxygen atoms in total. The molecule has 0 saturated carbocycles. The number of nitrogens with one attached hydrogen (secondary N) is 1. The first-order chi connectivity index (χ1) is 12.1. The number of carbonyl (C=O) groups excluding carboxylic acids is 1. The molecule has 7 heteroatoms. The van der Waals surface area contributed by atoms with Crippen LogP contribution in [0.15, 0.2) is 70.1 Å². The van der Waals surface area contributed by atoms with E-state index in [0.717, 1.165) is 0 Å². The molecule has 0 fully saturated rings. The highest BCUT2D eigenvalue weighted by atomic mass is 19.1. The van der Waals surface area contributed by atoms with Gasteiger partial charge < -0.3 is 24.0 Å². The van der Waals surface area contributed by atoms with E-state index >= 15 is 0 Å². The molecule has 3 aromatic rings. The van der Waals surface area contributed by atoms with Gasteiger partial charge in [-0.3, -0.25) is 4.79 Å². The summed E-state index contributed by atoms with van der Waals surface area (Å²) in [6.45, 7) is -0.555. The SMILES string of the molecule is O=C(COc1ccccc1F)NC[C@@](O)(c1ccoc1)c1ccco1. The van der Waals surface area contributed by atoms with Crippen LogP contribution >= 0.6 is 0 Å². The number of rotatable bonds is 7. The molecule has 0 saturated heterocycles. The molecule has 1 atom stereocenters. The van der Waals surface area contributed by atoms with Gasteiger partial charge in [0, 0.05) is 5.56 Å². The van der Waals surface area contributed by atoms with E-state index in [9.17, 15) is 14.3 Å². The number of hydrogen-bond acceptors (Lipinski definition) is 5. The number of aliphatic hydroxyl groups is 1. The lowest BCUT2D eigenvalue weighted by Crippen LogP contribution is -2.42. The number of carbonyl (C=O) groups is 1. The molecule has 2 heterocycles. The molecule has 3 rings (SSSR count). The third kappa shape index (κ3) is 3.72. The lowest BCUT2D eigenvalue weighted by molar-refractivity contribution is -0.124. The molecule has 130 valence electrons. The maximum Gasteiger partial charge on any atom is 0.258 e. The molecule has 1 aromatic carbocycles. The van der Waals surface area contributed by atoms with Crippen LogP contribution in [0.2, 0.25) is 0 Å². The smallest absolute Gasteiger partial charge is 0.258 e. The molecule has 0 aliphatic carbocycles. The second kappa shape index (κ2) is 7.23. The molecular weight excluding hydrogens is 329 g/mol. The van der Waals surface area contributed by atoms with Crippen LogP contribution in [0.25, 0.3) is 0 Å². The van der Waals surface area contributed by atoms with Gasteiger partial charge in [-0.05, 0) is 30.3 Å². The second-order valence-electron chi connectivity index (χ2n) is 5.35. The first-order valence-corrected chi connectivity index (χ1v) is 7.52. The van der Waals surface area contributed by atoms with Crippen LogP contribution in [0.3, 0.4) is 0 Å². The average Bonchev–Trinajstić information content (AvgIpc) is 3.32. The van der Waals surface area contributed by atoms with E-state index in [-0.39, 0.29) is 24.7 Å². The van der Waals surface area contributed by atoms with Crippen LogP contribution < -0.4 is 10.1 Å². The summed E-state index contributed by atoms with van der Waals surface area (Å²) in [5, 5.41) is 13.5. The Morgan fingerprint density at radius 2 is 2.04 bits per heavy atom. The number of halogens is 1. The van der Waals surface area contributed by atoms with Crippen LogP contribution in [-0.4, -0.2) is 24.2 Å². The Morgan fingerprint density at radius 3 is 2.72 bits per heavy atom. The zero-order valence-corrected chi connectivity index (χ0v) is 13.1. The van der Waals surface area contributed by atoms with Gasteiger partial charge in [0.2, 0.25) is 0 Å². The quantitative estimate of drug-likeness (QED) is 0.687. The summed E-state index contributed by atoms with van der Waals surface area (Å²) in [6, 6.07) is 10.6. The van der Waals surface area contributed by atoms with E-state index in [1.165, 1.54) is 37.0 Å². The van der Waals surface area contributed by atoms with Crippen LogP contribution in [0.1, 0.15) is 11.3 Å². The fraction of sp³-hybridized carbons (Fsp3) is 0.167. The van der Waals surface area contributed by atoms with Gasteiger partial charge in [-0.25, -0.2) is 4.39 Å². The van der Waals surface area contributed by atoms with Gasteiger partial charge in [-0.15, -0.1) is 0 Å². The summed E-state index contributed by atoms with van der Waals surface area (Å²) in [4.78, 5) is 12.0. The van der Waals surface area contributed by atoms with Gasteiger partial charge >= 0.3 is 0 Å². The molecule has 0 bridgehead atoms. The topological polar surface area (TPSA) is 84.8 Å². The van der Waals surface area contributed by atoms with Gasteiger partial charge in [-0.2, -0.15) is 0 Å². The zero-order chi connectivity index (χ0) is 17.7. The summed E-state index contributed by atoms with van der Waals surface area (Å²) in [5.41, 5.74) is -1.16. The number of benzene rings is 1. The Bertz CT molecular complexity index is 780. The van der Waals surface area contributed by atoms with Crippen molar-refractivity contribution in [1.82, 2.24) is 5.32 Å². The molecule has 0 aliphatic rings. The van der Waals surface area contributed by atoms with Crippen molar-refractivity contribution in [2.45, 2.75) is 5.60 Å². The van der Waals surface area contributed by atoms with Crippen molar-refractivity contribution in [3.63, 3.8) is 0 Å². The van der Waals surface area contributed by atoms with E-state index in [4.69, 9.17) is 13.6 Å². The van der Waals surface area contributed by atoms with E-state index in [1.54, 1.807) is 24.3 Å². The Kier molecular flexibility index (Phi) is 4.85. The molecule has 0 radical (unpaired) electrons. The normalized spacial score (nSPS) is 13.2. The minimum atomic E-state index is -1.59. The summed E-state index contributed by atoms with van der Waals surface area (Å²) < 4.78 is 28.9. The predicted molar refractivity (Wildman–Crippen MR) is 85.3 cm³/mol. The van der Waals surface area contributed by atoms with Crippen molar-refractivity contribution in [3.8, 4) is 5.75 Å². The van der Waals surface area contributed by atoms with Crippen LogP contribution in [0.5, 0.6) is 5.75 Å². The second-order valence-corrected chi connectivity index (χ2v) is 5.35. The number of ether oxygens (including phenoxy) is 1. The highest BCUT2D eigenvalue weighted by Gasteiger charge is 2.36. The molecule has 1 amide bonds. The monoisotopic (exact) mass is 345 g/mol. The first kappa shape index (κ1) is 16.8. The third-order valence-corrected chi connectivity index (χ3v) is 3.66. The summed E-state index contributed by atoms with van der Waals surface area (Å²) >= 11 is 0. The number of furan rings is 2. The lowest BCUT2D eigenvalue weighted by Gasteiger charge is -2.25. The van der Waals surface area contributed by atoms with E-state index in [2.05, 4.69) is 5.32 Å². The highest BCUT2D eigenvalue weighted by molar-refractivity contribution is 5.77. The van der Waals surface area contributed by atoms with Crippen molar-refractivity contribution in [1.29, 1.82) is 0 Å². The summed E-state index contributed by atoms with van der Waals surface area (Å²) in [7, 11) is 0. The van der Waals surface area contributed by atoms with Crippen molar-refractivity contribution >= 4 is 5.91 Å². The van der Waals surface area contributed by atoms with E-state index < -0.39 is 17.3 Å². The Hall–Kier alpha value is -3.06. The third-order valence-electron chi connectivity index (χ3n) is 3.66. The number of amides is 1. The van der Waals surface area contributed by atoms with Gasteiger partial charge in [0.05, 0.1) is 25.3 Å². The highest BCUT2D eigenvalue weighted by Crippen LogP contribution is 2.29. The van der Waals surface area contributed by atoms with Gasteiger partial charge in [0.1, 0.15) is 5.76 Å².